The van der Waals surface area contributed by atoms with Crippen LogP contribution in [0.2, 0.25) is 0 Å². The Bertz CT molecular complexity index is 1000. The predicted molar refractivity (Wildman–Crippen MR) is 109 cm³/mol. The Labute approximate surface area is 170 Å². The molecular weight excluding hydrogens is 368 g/mol. The molecule has 0 N–H and O–H groups in total. The maximum absolute atomic E-state index is 13.1. The van der Waals surface area contributed by atoms with E-state index >= 15 is 0 Å². The number of likely N-dealkylation sites (tertiary alicyclic amines) is 1. The van der Waals surface area contributed by atoms with Crippen molar-refractivity contribution in [3.8, 4) is 0 Å². The van der Waals surface area contributed by atoms with Gasteiger partial charge in [-0.1, -0.05) is 30.3 Å². The maximum Gasteiger partial charge on any atom is 0.285 e. The topological polar surface area (TPSA) is 75.5 Å². The average Bonchev–Trinajstić information content (AvgIpc) is 3.31. The molecule has 152 valence electrons. The van der Waals surface area contributed by atoms with Crippen LogP contribution in [0, 0.1) is 0 Å². The van der Waals surface area contributed by atoms with E-state index in [4.69, 9.17) is 0 Å². The summed E-state index contributed by atoms with van der Waals surface area (Å²) in [7, 11) is 0. The highest BCUT2D eigenvalue weighted by molar-refractivity contribution is 5.93. The Kier molecular flexibility index (Phi) is 4.98. The highest BCUT2D eigenvalue weighted by Crippen LogP contribution is 2.41. The number of carbonyl (C=O) groups excluding carboxylic acids is 2. The van der Waals surface area contributed by atoms with Gasteiger partial charge < -0.3 is 14.4 Å². The van der Waals surface area contributed by atoms with Gasteiger partial charge in [0, 0.05) is 51.3 Å². The fourth-order valence-electron chi connectivity index (χ4n) is 4.51. The van der Waals surface area contributed by atoms with E-state index < -0.39 is 5.56 Å². The van der Waals surface area contributed by atoms with Crippen molar-refractivity contribution in [2.75, 3.05) is 19.6 Å². The highest BCUT2D eigenvalue weighted by Gasteiger charge is 2.47. The molecule has 0 aliphatic carbocycles. The van der Waals surface area contributed by atoms with Crippen molar-refractivity contribution < 1.29 is 9.59 Å². The van der Waals surface area contributed by atoms with Gasteiger partial charge in [0.25, 0.3) is 11.5 Å². The molecule has 0 saturated carbocycles. The molecule has 2 aromatic rings. The van der Waals surface area contributed by atoms with Crippen molar-refractivity contribution in [1.82, 2.24) is 19.4 Å². The summed E-state index contributed by atoms with van der Waals surface area (Å²) in [5.74, 6) is 0.477. The lowest BCUT2D eigenvalue weighted by Crippen LogP contribution is -2.37. The molecule has 1 spiro atoms. The molecule has 1 aromatic heterocycles. The fourth-order valence-corrected chi connectivity index (χ4v) is 4.51. The molecule has 0 radical (unpaired) electrons. The lowest BCUT2D eigenvalue weighted by molar-refractivity contribution is -0.128. The van der Waals surface area contributed by atoms with E-state index in [1.165, 1.54) is 0 Å². The van der Waals surface area contributed by atoms with Crippen molar-refractivity contribution >= 4 is 11.8 Å². The van der Waals surface area contributed by atoms with Crippen LogP contribution in [0.25, 0.3) is 0 Å². The zero-order valence-corrected chi connectivity index (χ0v) is 16.9. The van der Waals surface area contributed by atoms with Crippen LogP contribution in [0.3, 0.4) is 0 Å². The number of aromatic nitrogens is 2. The largest absolute Gasteiger partial charge is 0.342 e. The van der Waals surface area contributed by atoms with Crippen molar-refractivity contribution in [1.29, 1.82) is 0 Å². The van der Waals surface area contributed by atoms with Crippen LogP contribution in [-0.4, -0.2) is 50.8 Å². The van der Waals surface area contributed by atoms with Gasteiger partial charge in [-0.2, -0.15) is 4.98 Å². The molecule has 0 unspecified atom stereocenters. The van der Waals surface area contributed by atoms with Crippen LogP contribution in [0.15, 0.2) is 41.3 Å². The normalized spacial score (nSPS) is 20.1. The molecular formula is C22H26N4O3. The Hall–Kier alpha value is -2.96. The second-order valence-electron chi connectivity index (χ2n) is 8.00. The smallest absolute Gasteiger partial charge is 0.285 e. The molecule has 0 bridgehead atoms. The van der Waals surface area contributed by atoms with E-state index in [0.29, 0.717) is 38.5 Å². The first kappa shape index (κ1) is 19.4. The number of amides is 2. The average molecular weight is 394 g/mol. The first-order valence-corrected chi connectivity index (χ1v) is 10.1. The summed E-state index contributed by atoms with van der Waals surface area (Å²) in [5.41, 5.74) is 0.396. The number of rotatable bonds is 4. The molecule has 2 aliphatic rings. The summed E-state index contributed by atoms with van der Waals surface area (Å²) < 4.78 is 1.94. The molecule has 4 rings (SSSR count). The van der Waals surface area contributed by atoms with Gasteiger partial charge in [-0.3, -0.25) is 14.4 Å². The minimum Gasteiger partial charge on any atom is -0.342 e. The molecule has 3 heterocycles. The fraction of sp³-hybridized carbons (Fsp3) is 0.455. The van der Waals surface area contributed by atoms with Gasteiger partial charge in [-0.25, -0.2) is 0 Å². The van der Waals surface area contributed by atoms with Gasteiger partial charge in [0.15, 0.2) is 0 Å². The monoisotopic (exact) mass is 394 g/mol. The minimum atomic E-state index is -0.477. The second-order valence-corrected chi connectivity index (χ2v) is 8.00. The van der Waals surface area contributed by atoms with Gasteiger partial charge in [0.1, 0.15) is 11.4 Å². The first-order chi connectivity index (χ1) is 13.9. The number of nitrogens with zero attached hydrogens (tertiary/aromatic N) is 4. The van der Waals surface area contributed by atoms with Gasteiger partial charge in [0.2, 0.25) is 5.91 Å². The highest BCUT2D eigenvalue weighted by atomic mass is 16.2. The lowest BCUT2D eigenvalue weighted by Gasteiger charge is -2.23. The number of hydrogen-bond acceptors (Lipinski definition) is 4. The van der Waals surface area contributed by atoms with E-state index in [0.717, 1.165) is 18.4 Å². The molecule has 1 atom stereocenters. The number of fused-ring (bicyclic) bond motifs is 2. The molecule has 1 fully saturated rings. The molecule has 2 aliphatic heterocycles. The van der Waals surface area contributed by atoms with Crippen LogP contribution in [-0.2, 0) is 23.3 Å². The third-order valence-corrected chi connectivity index (χ3v) is 6.22. The number of hydrogen-bond donors (Lipinski definition) is 0. The standard InChI is InChI=1S/C22H26N4O3/c1-3-24(13-17-7-5-4-6-8-17)20(29)18-14-25-11-9-22(21(25)23-19(18)28)10-12-26(15-22)16(2)27/h4-8,14H,3,9-13,15H2,1-2H3/t22-/m0/s1. The van der Waals surface area contributed by atoms with Crippen molar-refractivity contribution in [2.24, 2.45) is 0 Å². The van der Waals surface area contributed by atoms with E-state index in [-0.39, 0.29) is 22.8 Å². The van der Waals surface area contributed by atoms with Gasteiger partial charge in [0.05, 0.1) is 0 Å². The minimum absolute atomic E-state index is 0.0500. The summed E-state index contributed by atoms with van der Waals surface area (Å²) in [6.07, 6.45) is 3.32. The third-order valence-electron chi connectivity index (χ3n) is 6.22. The molecule has 7 heteroatoms. The zero-order chi connectivity index (χ0) is 20.6. The Morgan fingerprint density at radius 1 is 1.17 bits per heavy atom. The summed E-state index contributed by atoms with van der Waals surface area (Å²) in [6.45, 7) is 6.43. The molecule has 1 aromatic carbocycles. The quantitative estimate of drug-likeness (QED) is 0.793. The van der Waals surface area contributed by atoms with E-state index in [1.807, 2.05) is 46.7 Å². The molecule has 29 heavy (non-hydrogen) atoms. The Morgan fingerprint density at radius 2 is 1.90 bits per heavy atom. The van der Waals surface area contributed by atoms with Crippen molar-refractivity contribution in [3.63, 3.8) is 0 Å². The third kappa shape index (κ3) is 3.45. The molecule has 1 saturated heterocycles. The van der Waals surface area contributed by atoms with Crippen LogP contribution in [0.4, 0.5) is 0 Å². The SMILES string of the molecule is CCN(Cc1ccccc1)C(=O)c1cn2c(nc1=O)[C@]1(CCN(C(C)=O)C1)CC2. The van der Waals surface area contributed by atoms with Crippen LogP contribution >= 0.6 is 0 Å². The lowest BCUT2D eigenvalue weighted by atomic mass is 9.85. The maximum atomic E-state index is 13.1. The van der Waals surface area contributed by atoms with Gasteiger partial charge in [-0.15, -0.1) is 0 Å². The predicted octanol–water partition coefficient (Wildman–Crippen LogP) is 1.80. The van der Waals surface area contributed by atoms with Crippen LogP contribution in [0.5, 0.6) is 0 Å². The van der Waals surface area contributed by atoms with E-state index in [2.05, 4.69) is 4.98 Å². The van der Waals surface area contributed by atoms with Crippen LogP contribution in [0.1, 0.15) is 48.4 Å². The van der Waals surface area contributed by atoms with Gasteiger partial charge >= 0.3 is 0 Å². The second kappa shape index (κ2) is 7.46. The summed E-state index contributed by atoms with van der Waals surface area (Å²) in [5, 5.41) is 0. The van der Waals surface area contributed by atoms with Crippen molar-refractivity contribution in [2.45, 2.75) is 45.2 Å². The summed E-state index contributed by atoms with van der Waals surface area (Å²) >= 11 is 0. The van der Waals surface area contributed by atoms with Crippen molar-refractivity contribution in [3.05, 3.63) is 63.8 Å². The first-order valence-electron chi connectivity index (χ1n) is 10.1. The number of aryl methyl sites for hydroxylation is 1. The number of benzene rings is 1. The Morgan fingerprint density at radius 3 is 2.55 bits per heavy atom. The molecule has 7 nitrogen and oxygen atoms in total. The van der Waals surface area contributed by atoms with Crippen LogP contribution < -0.4 is 5.56 Å². The van der Waals surface area contributed by atoms with Gasteiger partial charge in [-0.05, 0) is 25.3 Å². The summed E-state index contributed by atoms with van der Waals surface area (Å²) in [4.78, 5) is 45.5. The van der Waals surface area contributed by atoms with E-state index in [9.17, 15) is 14.4 Å². The zero-order valence-electron chi connectivity index (χ0n) is 16.9. The molecule has 2 amide bonds. The number of carbonyl (C=O) groups is 2. The Balaban J connectivity index is 1.61. The summed E-state index contributed by atoms with van der Waals surface area (Å²) in [6, 6.07) is 9.74. The van der Waals surface area contributed by atoms with E-state index in [1.54, 1.807) is 18.0 Å².